The molecule has 2 aromatic carbocycles. The fourth-order valence-electron chi connectivity index (χ4n) is 1.97. The predicted molar refractivity (Wildman–Crippen MR) is 81.6 cm³/mol. The predicted octanol–water partition coefficient (Wildman–Crippen LogP) is 3.74. The summed E-state index contributed by atoms with van der Waals surface area (Å²) in [7, 11) is 1.63. The van der Waals surface area contributed by atoms with Crippen molar-refractivity contribution in [2.75, 3.05) is 13.7 Å². The van der Waals surface area contributed by atoms with Crippen molar-refractivity contribution in [2.45, 2.75) is 13.0 Å². The van der Waals surface area contributed by atoms with E-state index in [0.717, 1.165) is 16.9 Å². The van der Waals surface area contributed by atoms with Crippen molar-refractivity contribution in [3.8, 4) is 11.5 Å². The van der Waals surface area contributed by atoms with Gasteiger partial charge in [-0.3, -0.25) is 0 Å². The standard InChI is InChI=1S/C16H18ClNO2/c1-11-7-8-15(19-2)12(9-11)14(18)10-20-16-6-4-3-5-13(16)17/h3-9,14H,10,18H2,1-2H3. The third kappa shape index (κ3) is 3.44. The maximum absolute atomic E-state index is 6.19. The van der Waals surface area contributed by atoms with Crippen molar-refractivity contribution < 1.29 is 9.47 Å². The second-order valence-corrected chi connectivity index (χ2v) is 5.00. The van der Waals surface area contributed by atoms with Crippen LogP contribution < -0.4 is 15.2 Å². The molecular weight excluding hydrogens is 274 g/mol. The SMILES string of the molecule is COc1ccc(C)cc1C(N)COc1ccccc1Cl. The smallest absolute Gasteiger partial charge is 0.137 e. The molecule has 0 radical (unpaired) electrons. The molecule has 0 fully saturated rings. The Balaban J connectivity index is 2.11. The fraction of sp³-hybridized carbons (Fsp3) is 0.250. The van der Waals surface area contributed by atoms with E-state index < -0.39 is 0 Å². The number of hydrogen-bond acceptors (Lipinski definition) is 3. The molecule has 1 atom stereocenters. The largest absolute Gasteiger partial charge is 0.496 e. The van der Waals surface area contributed by atoms with Crippen molar-refractivity contribution >= 4 is 11.6 Å². The first kappa shape index (κ1) is 14.7. The first-order valence-corrected chi connectivity index (χ1v) is 6.77. The molecule has 0 saturated heterocycles. The lowest BCUT2D eigenvalue weighted by atomic mass is 10.0. The summed E-state index contributed by atoms with van der Waals surface area (Å²) in [4.78, 5) is 0. The van der Waals surface area contributed by atoms with E-state index in [4.69, 9.17) is 26.8 Å². The minimum absolute atomic E-state index is 0.277. The van der Waals surface area contributed by atoms with Crippen LogP contribution in [-0.4, -0.2) is 13.7 Å². The van der Waals surface area contributed by atoms with Crippen LogP contribution in [0.5, 0.6) is 11.5 Å². The summed E-state index contributed by atoms with van der Waals surface area (Å²) in [5.41, 5.74) is 8.25. The molecular formula is C16H18ClNO2. The Hall–Kier alpha value is -1.71. The molecule has 0 spiro atoms. The van der Waals surface area contributed by atoms with E-state index in [9.17, 15) is 0 Å². The summed E-state index contributed by atoms with van der Waals surface area (Å²) < 4.78 is 11.0. The molecule has 0 aliphatic carbocycles. The van der Waals surface area contributed by atoms with Crippen molar-refractivity contribution in [3.05, 3.63) is 58.6 Å². The number of nitrogens with two attached hydrogens (primary N) is 1. The number of benzene rings is 2. The third-order valence-corrected chi connectivity index (χ3v) is 3.35. The van der Waals surface area contributed by atoms with Crippen LogP contribution in [-0.2, 0) is 0 Å². The summed E-state index contributed by atoms with van der Waals surface area (Å²) in [5.74, 6) is 1.40. The lowest BCUT2D eigenvalue weighted by Crippen LogP contribution is -2.20. The van der Waals surface area contributed by atoms with Crippen molar-refractivity contribution in [1.82, 2.24) is 0 Å². The molecule has 0 heterocycles. The molecule has 20 heavy (non-hydrogen) atoms. The summed E-state index contributed by atoms with van der Waals surface area (Å²) in [5, 5.41) is 0.580. The van der Waals surface area contributed by atoms with Crippen molar-refractivity contribution in [2.24, 2.45) is 5.73 Å². The Bertz CT molecular complexity index is 586. The van der Waals surface area contributed by atoms with Gasteiger partial charge in [0.25, 0.3) is 0 Å². The summed E-state index contributed by atoms with van der Waals surface area (Å²) >= 11 is 6.05. The molecule has 0 aliphatic rings. The van der Waals surface area contributed by atoms with Crippen LogP contribution in [0.3, 0.4) is 0 Å². The molecule has 1 unspecified atom stereocenters. The van der Waals surface area contributed by atoms with Gasteiger partial charge in [0.15, 0.2) is 0 Å². The molecule has 0 amide bonds. The summed E-state index contributed by atoms with van der Waals surface area (Å²) in [6.45, 7) is 2.36. The highest BCUT2D eigenvalue weighted by molar-refractivity contribution is 6.32. The van der Waals surface area contributed by atoms with Gasteiger partial charge in [-0.15, -0.1) is 0 Å². The van der Waals surface area contributed by atoms with E-state index in [1.165, 1.54) is 0 Å². The van der Waals surface area contributed by atoms with E-state index in [2.05, 4.69) is 0 Å². The van der Waals surface area contributed by atoms with Gasteiger partial charge in [-0.25, -0.2) is 0 Å². The molecule has 2 rings (SSSR count). The lowest BCUT2D eigenvalue weighted by molar-refractivity contribution is 0.286. The van der Waals surface area contributed by atoms with Gasteiger partial charge in [0.05, 0.1) is 18.2 Å². The van der Waals surface area contributed by atoms with Crippen LogP contribution >= 0.6 is 11.6 Å². The Kier molecular flexibility index (Phi) is 4.88. The van der Waals surface area contributed by atoms with Crippen LogP contribution in [0, 0.1) is 6.92 Å². The molecule has 0 aliphatic heterocycles. The van der Waals surface area contributed by atoms with Gasteiger partial charge in [0.2, 0.25) is 0 Å². The van der Waals surface area contributed by atoms with Crippen LogP contribution in [0.15, 0.2) is 42.5 Å². The summed E-state index contributed by atoms with van der Waals surface area (Å²) in [6, 6.07) is 13.0. The minimum Gasteiger partial charge on any atom is -0.496 e. The molecule has 2 N–H and O–H groups in total. The maximum atomic E-state index is 6.19. The number of para-hydroxylation sites is 1. The molecule has 2 aromatic rings. The minimum atomic E-state index is -0.277. The quantitative estimate of drug-likeness (QED) is 0.913. The fourth-order valence-corrected chi connectivity index (χ4v) is 2.16. The number of ether oxygens (including phenoxy) is 2. The van der Waals surface area contributed by atoms with E-state index >= 15 is 0 Å². The van der Waals surface area contributed by atoms with Gasteiger partial charge in [0.1, 0.15) is 18.1 Å². The second kappa shape index (κ2) is 6.64. The van der Waals surface area contributed by atoms with Crippen LogP contribution in [0.2, 0.25) is 5.02 Å². The van der Waals surface area contributed by atoms with E-state index in [-0.39, 0.29) is 6.04 Å². The molecule has 0 bridgehead atoms. The normalized spacial score (nSPS) is 12.0. The van der Waals surface area contributed by atoms with E-state index in [0.29, 0.717) is 17.4 Å². The lowest BCUT2D eigenvalue weighted by Gasteiger charge is -2.17. The summed E-state index contributed by atoms with van der Waals surface area (Å²) in [6.07, 6.45) is 0. The van der Waals surface area contributed by atoms with Gasteiger partial charge in [0, 0.05) is 5.56 Å². The van der Waals surface area contributed by atoms with Gasteiger partial charge in [-0.1, -0.05) is 41.4 Å². The topological polar surface area (TPSA) is 44.5 Å². The highest BCUT2D eigenvalue weighted by Gasteiger charge is 2.13. The second-order valence-electron chi connectivity index (χ2n) is 4.59. The molecule has 4 heteroatoms. The van der Waals surface area contributed by atoms with Crippen LogP contribution in [0.1, 0.15) is 17.2 Å². The van der Waals surface area contributed by atoms with E-state index in [1.807, 2.05) is 43.3 Å². The van der Waals surface area contributed by atoms with Gasteiger partial charge >= 0.3 is 0 Å². The van der Waals surface area contributed by atoms with Gasteiger partial charge in [-0.2, -0.15) is 0 Å². The highest BCUT2D eigenvalue weighted by Crippen LogP contribution is 2.27. The van der Waals surface area contributed by atoms with Gasteiger partial charge in [-0.05, 0) is 25.1 Å². The maximum Gasteiger partial charge on any atom is 0.137 e. The average Bonchev–Trinajstić information content (AvgIpc) is 2.46. The number of methoxy groups -OCH3 is 1. The number of halogens is 1. The third-order valence-electron chi connectivity index (χ3n) is 3.04. The zero-order valence-corrected chi connectivity index (χ0v) is 12.4. The number of hydrogen-bond donors (Lipinski definition) is 1. The number of aryl methyl sites for hydroxylation is 1. The Morgan fingerprint density at radius 3 is 2.60 bits per heavy atom. The molecule has 0 saturated carbocycles. The van der Waals surface area contributed by atoms with Crippen molar-refractivity contribution in [1.29, 1.82) is 0 Å². The Morgan fingerprint density at radius 1 is 1.15 bits per heavy atom. The highest BCUT2D eigenvalue weighted by atomic mass is 35.5. The zero-order valence-electron chi connectivity index (χ0n) is 11.6. The monoisotopic (exact) mass is 291 g/mol. The zero-order chi connectivity index (χ0) is 14.5. The molecule has 106 valence electrons. The molecule has 0 aromatic heterocycles. The molecule has 3 nitrogen and oxygen atoms in total. The van der Waals surface area contributed by atoms with Crippen LogP contribution in [0.4, 0.5) is 0 Å². The van der Waals surface area contributed by atoms with E-state index in [1.54, 1.807) is 13.2 Å². The first-order chi connectivity index (χ1) is 9.61. The Labute approximate surface area is 124 Å². The average molecular weight is 292 g/mol. The van der Waals surface area contributed by atoms with Crippen LogP contribution in [0.25, 0.3) is 0 Å². The number of rotatable bonds is 5. The van der Waals surface area contributed by atoms with Gasteiger partial charge < -0.3 is 15.2 Å². The van der Waals surface area contributed by atoms with Crippen molar-refractivity contribution in [3.63, 3.8) is 0 Å². The first-order valence-electron chi connectivity index (χ1n) is 6.39. The Morgan fingerprint density at radius 2 is 1.90 bits per heavy atom.